The van der Waals surface area contributed by atoms with Crippen molar-refractivity contribution >= 4 is 6.03 Å². The minimum atomic E-state index is 0.0504. The van der Waals surface area contributed by atoms with Gasteiger partial charge >= 0.3 is 6.03 Å². The number of hydrogen-bond acceptors (Lipinski definition) is 2. The molecule has 1 fully saturated rings. The van der Waals surface area contributed by atoms with Gasteiger partial charge in [0.2, 0.25) is 0 Å². The Morgan fingerprint density at radius 3 is 2.68 bits per heavy atom. The molecular weight excluding hydrogens is 238 g/mol. The number of nitrogens with zero attached hydrogens (tertiary/aromatic N) is 1. The molecule has 1 saturated heterocycles. The number of hydrogen-bond donors (Lipinski definition) is 2. The van der Waals surface area contributed by atoms with E-state index in [0.717, 1.165) is 30.6 Å². The second-order valence-corrected chi connectivity index (χ2v) is 5.37. The van der Waals surface area contributed by atoms with Crippen LogP contribution in [0.2, 0.25) is 0 Å². The van der Waals surface area contributed by atoms with Gasteiger partial charge in [-0.05, 0) is 29.9 Å². The van der Waals surface area contributed by atoms with E-state index in [1.54, 1.807) is 0 Å². The second-order valence-electron chi connectivity index (χ2n) is 5.37. The maximum atomic E-state index is 12.0. The Hall–Kier alpha value is -1.55. The van der Waals surface area contributed by atoms with Crippen molar-refractivity contribution in [1.82, 2.24) is 10.2 Å². The van der Waals surface area contributed by atoms with E-state index in [4.69, 9.17) is 5.73 Å². The van der Waals surface area contributed by atoms with Gasteiger partial charge in [-0.15, -0.1) is 0 Å². The highest BCUT2D eigenvalue weighted by atomic mass is 16.2. The molecule has 0 bridgehead atoms. The summed E-state index contributed by atoms with van der Waals surface area (Å²) in [6.07, 6.45) is 2.34. The third-order valence-corrected chi connectivity index (χ3v) is 3.65. The number of benzene rings is 1. The zero-order valence-electron chi connectivity index (χ0n) is 11.6. The number of piperidine rings is 1. The fraction of sp³-hybridized carbons (Fsp3) is 0.533. The summed E-state index contributed by atoms with van der Waals surface area (Å²) in [6, 6.07) is 8.09. The van der Waals surface area contributed by atoms with E-state index in [1.165, 1.54) is 6.42 Å². The summed E-state index contributed by atoms with van der Waals surface area (Å²) in [6.45, 7) is 5.08. The van der Waals surface area contributed by atoms with Crippen molar-refractivity contribution in [2.24, 2.45) is 11.7 Å². The van der Waals surface area contributed by atoms with Crippen LogP contribution in [0, 0.1) is 5.92 Å². The van der Waals surface area contributed by atoms with E-state index in [-0.39, 0.29) is 6.03 Å². The number of urea groups is 1. The van der Waals surface area contributed by atoms with Gasteiger partial charge in [-0.25, -0.2) is 4.79 Å². The lowest BCUT2D eigenvalue weighted by atomic mass is 10.0. The quantitative estimate of drug-likeness (QED) is 0.875. The Labute approximate surface area is 115 Å². The first-order valence-corrected chi connectivity index (χ1v) is 6.99. The van der Waals surface area contributed by atoms with Crippen molar-refractivity contribution in [3.05, 3.63) is 35.4 Å². The minimum absolute atomic E-state index is 0.0504. The van der Waals surface area contributed by atoms with Crippen LogP contribution in [-0.2, 0) is 13.1 Å². The molecule has 104 valence electrons. The Bertz CT molecular complexity index is 416. The molecule has 1 aromatic carbocycles. The normalized spacial score (nSPS) is 19.3. The zero-order chi connectivity index (χ0) is 13.7. The Morgan fingerprint density at radius 2 is 2.05 bits per heavy atom. The first-order chi connectivity index (χ1) is 9.19. The van der Waals surface area contributed by atoms with Gasteiger partial charge in [0.25, 0.3) is 0 Å². The van der Waals surface area contributed by atoms with Crippen molar-refractivity contribution in [3.63, 3.8) is 0 Å². The molecule has 1 aliphatic heterocycles. The molecule has 0 spiro atoms. The average Bonchev–Trinajstić information content (AvgIpc) is 2.45. The van der Waals surface area contributed by atoms with Crippen LogP contribution in [-0.4, -0.2) is 24.0 Å². The van der Waals surface area contributed by atoms with Gasteiger partial charge in [0.15, 0.2) is 0 Å². The first-order valence-electron chi connectivity index (χ1n) is 6.99. The number of nitrogens with two attached hydrogens (primary N) is 1. The van der Waals surface area contributed by atoms with Crippen LogP contribution in [0.15, 0.2) is 24.3 Å². The van der Waals surface area contributed by atoms with Gasteiger partial charge in [0.1, 0.15) is 0 Å². The number of nitrogens with one attached hydrogen (secondary N) is 1. The molecule has 0 aliphatic carbocycles. The van der Waals surface area contributed by atoms with Crippen molar-refractivity contribution in [2.75, 3.05) is 13.1 Å². The maximum Gasteiger partial charge on any atom is 0.317 e. The predicted octanol–water partition coefficient (Wildman–Crippen LogP) is 2.09. The first kappa shape index (κ1) is 13.9. The molecule has 1 atom stereocenters. The van der Waals surface area contributed by atoms with E-state index < -0.39 is 0 Å². The van der Waals surface area contributed by atoms with Crippen LogP contribution < -0.4 is 11.1 Å². The fourth-order valence-corrected chi connectivity index (χ4v) is 2.46. The van der Waals surface area contributed by atoms with Crippen molar-refractivity contribution < 1.29 is 4.79 Å². The van der Waals surface area contributed by atoms with Crippen LogP contribution in [0.1, 0.15) is 30.9 Å². The summed E-state index contributed by atoms with van der Waals surface area (Å²) >= 11 is 0. The van der Waals surface area contributed by atoms with Gasteiger partial charge in [-0.2, -0.15) is 0 Å². The minimum Gasteiger partial charge on any atom is -0.334 e. The van der Waals surface area contributed by atoms with E-state index in [9.17, 15) is 4.79 Å². The van der Waals surface area contributed by atoms with Crippen LogP contribution in [0.3, 0.4) is 0 Å². The lowest BCUT2D eigenvalue weighted by Gasteiger charge is -2.30. The molecule has 2 rings (SSSR count). The maximum absolute atomic E-state index is 12.0. The zero-order valence-corrected chi connectivity index (χ0v) is 11.6. The molecule has 1 aromatic rings. The van der Waals surface area contributed by atoms with Crippen molar-refractivity contribution in [1.29, 1.82) is 0 Å². The van der Waals surface area contributed by atoms with Crippen molar-refractivity contribution in [2.45, 2.75) is 32.9 Å². The number of amides is 2. The van der Waals surface area contributed by atoms with Gasteiger partial charge in [-0.3, -0.25) is 0 Å². The Morgan fingerprint density at radius 1 is 1.37 bits per heavy atom. The monoisotopic (exact) mass is 261 g/mol. The third kappa shape index (κ3) is 3.96. The molecule has 3 N–H and O–H groups in total. The predicted molar refractivity (Wildman–Crippen MR) is 76.5 cm³/mol. The molecule has 1 aliphatic rings. The molecule has 1 unspecified atom stereocenters. The lowest BCUT2D eigenvalue weighted by molar-refractivity contribution is 0.169. The van der Waals surface area contributed by atoms with E-state index in [1.807, 2.05) is 29.2 Å². The molecule has 2 amide bonds. The summed E-state index contributed by atoms with van der Waals surface area (Å²) < 4.78 is 0. The van der Waals surface area contributed by atoms with Gasteiger partial charge < -0.3 is 16.0 Å². The number of carbonyl (C=O) groups is 1. The van der Waals surface area contributed by atoms with Crippen LogP contribution in [0.5, 0.6) is 0 Å². The van der Waals surface area contributed by atoms with Gasteiger partial charge in [0.05, 0.1) is 0 Å². The molecular formula is C15H23N3O. The van der Waals surface area contributed by atoms with Crippen LogP contribution in [0.25, 0.3) is 0 Å². The largest absolute Gasteiger partial charge is 0.334 e. The average molecular weight is 261 g/mol. The van der Waals surface area contributed by atoms with E-state index in [2.05, 4.69) is 12.2 Å². The number of rotatable bonds is 3. The number of carbonyl (C=O) groups excluding carboxylic acids is 1. The molecule has 0 radical (unpaired) electrons. The number of likely N-dealkylation sites (tertiary alicyclic amines) is 1. The molecule has 0 saturated carbocycles. The Kier molecular flexibility index (Phi) is 4.80. The highest BCUT2D eigenvalue weighted by Gasteiger charge is 2.20. The molecule has 1 heterocycles. The molecule has 4 heteroatoms. The van der Waals surface area contributed by atoms with Crippen molar-refractivity contribution in [3.8, 4) is 0 Å². The highest BCUT2D eigenvalue weighted by molar-refractivity contribution is 5.74. The molecule has 4 nitrogen and oxygen atoms in total. The summed E-state index contributed by atoms with van der Waals surface area (Å²) in [5.74, 6) is 0.614. The van der Waals surface area contributed by atoms with Crippen LogP contribution in [0.4, 0.5) is 4.79 Å². The van der Waals surface area contributed by atoms with Gasteiger partial charge in [0, 0.05) is 26.2 Å². The van der Waals surface area contributed by atoms with E-state index in [0.29, 0.717) is 19.0 Å². The summed E-state index contributed by atoms with van der Waals surface area (Å²) in [7, 11) is 0. The summed E-state index contributed by atoms with van der Waals surface area (Å²) in [4.78, 5) is 14.0. The summed E-state index contributed by atoms with van der Waals surface area (Å²) in [5.41, 5.74) is 7.77. The topological polar surface area (TPSA) is 58.4 Å². The standard InChI is InChI=1S/C15H23N3O/c1-12-3-2-8-18(11-12)15(19)17-10-14-6-4-13(9-16)5-7-14/h4-7,12H,2-3,8-11,16H2,1H3,(H,17,19). The van der Waals surface area contributed by atoms with E-state index >= 15 is 0 Å². The highest BCUT2D eigenvalue weighted by Crippen LogP contribution is 2.15. The lowest BCUT2D eigenvalue weighted by Crippen LogP contribution is -2.44. The molecule has 0 aromatic heterocycles. The fourth-order valence-electron chi connectivity index (χ4n) is 2.46. The second kappa shape index (κ2) is 6.57. The van der Waals surface area contributed by atoms with Crippen LogP contribution >= 0.6 is 0 Å². The van der Waals surface area contributed by atoms with Gasteiger partial charge in [-0.1, -0.05) is 31.2 Å². The molecule has 19 heavy (non-hydrogen) atoms. The third-order valence-electron chi connectivity index (χ3n) is 3.65. The Balaban J connectivity index is 1.82. The smallest absolute Gasteiger partial charge is 0.317 e. The SMILES string of the molecule is CC1CCCN(C(=O)NCc2ccc(CN)cc2)C1. The summed E-state index contributed by atoms with van der Waals surface area (Å²) in [5, 5.41) is 2.98.